The molecule has 2 rings (SSSR count). The lowest BCUT2D eigenvalue weighted by Gasteiger charge is -2.19. The summed E-state index contributed by atoms with van der Waals surface area (Å²) in [6, 6.07) is 5.85. The van der Waals surface area contributed by atoms with Crippen LogP contribution in [0.25, 0.3) is 0 Å². The van der Waals surface area contributed by atoms with Crippen molar-refractivity contribution >= 4 is 0 Å². The van der Waals surface area contributed by atoms with Gasteiger partial charge in [0.2, 0.25) is 0 Å². The standard InChI is InChI=1S/C15H23N5O/c1-16-14(12-7-5-6-8-17-12)15-13(21-4)11-18-20(15)10-9-19(2)3/h5-8,11,14,16H,9-10H2,1-4H3. The summed E-state index contributed by atoms with van der Waals surface area (Å²) in [6.07, 6.45) is 3.56. The maximum Gasteiger partial charge on any atom is 0.161 e. The van der Waals surface area contributed by atoms with Gasteiger partial charge in [0.1, 0.15) is 5.69 Å². The molecule has 0 saturated carbocycles. The molecule has 0 aliphatic carbocycles. The molecule has 1 unspecified atom stereocenters. The van der Waals surface area contributed by atoms with Gasteiger partial charge in [-0.1, -0.05) is 6.07 Å². The summed E-state index contributed by atoms with van der Waals surface area (Å²) in [5.74, 6) is 0.777. The minimum Gasteiger partial charge on any atom is -0.493 e. The van der Waals surface area contributed by atoms with Crippen molar-refractivity contribution in [2.24, 2.45) is 0 Å². The second kappa shape index (κ2) is 7.19. The van der Waals surface area contributed by atoms with Gasteiger partial charge in [-0.3, -0.25) is 9.67 Å². The van der Waals surface area contributed by atoms with Crippen molar-refractivity contribution in [3.05, 3.63) is 42.0 Å². The summed E-state index contributed by atoms with van der Waals surface area (Å²) < 4.78 is 7.45. The quantitative estimate of drug-likeness (QED) is 0.829. The Kier molecular flexibility index (Phi) is 5.30. The van der Waals surface area contributed by atoms with Crippen molar-refractivity contribution in [1.29, 1.82) is 0 Å². The van der Waals surface area contributed by atoms with E-state index in [2.05, 4.69) is 34.4 Å². The zero-order valence-electron chi connectivity index (χ0n) is 13.1. The Bertz CT molecular complexity index is 552. The third-order valence-corrected chi connectivity index (χ3v) is 3.37. The Morgan fingerprint density at radius 2 is 2.19 bits per heavy atom. The first-order valence-electron chi connectivity index (χ1n) is 7.00. The largest absolute Gasteiger partial charge is 0.493 e. The molecule has 1 N–H and O–H groups in total. The average Bonchev–Trinajstić information content (AvgIpc) is 2.90. The smallest absolute Gasteiger partial charge is 0.161 e. The van der Waals surface area contributed by atoms with E-state index in [1.807, 2.05) is 29.9 Å². The van der Waals surface area contributed by atoms with Crippen molar-refractivity contribution in [1.82, 2.24) is 25.0 Å². The predicted octanol–water partition coefficient (Wildman–Crippen LogP) is 1.16. The first kappa shape index (κ1) is 15.5. The molecule has 0 saturated heterocycles. The van der Waals surface area contributed by atoms with Crippen LogP contribution in [0.1, 0.15) is 17.4 Å². The third-order valence-electron chi connectivity index (χ3n) is 3.37. The van der Waals surface area contributed by atoms with Gasteiger partial charge in [-0.25, -0.2) is 0 Å². The molecule has 6 heteroatoms. The molecule has 6 nitrogen and oxygen atoms in total. The van der Waals surface area contributed by atoms with Crippen LogP contribution in [-0.2, 0) is 6.54 Å². The maximum absolute atomic E-state index is 5.47. The minimum atomic E-state index is -0.0502. The number of likely N-dealkylation sites (N-methyl/N-ethyl adjacent to an activating group) is 1. The number of aromatic nitrogens is 3. The van der Waals surface area contributed by atoms with E-state index < -0.39 is 0 Å². The van der Waals surface area contributed by atoms with Crippen LogP contribution in [0.5, 0.6) is 5.75 Å². The number of methoxy groups -OCH3 is 1. The summed E-state index contributed by atoms with van der Waals surface area (Å²) in [4.78, 5) is 6.58. The molecule has 0 bridgehead atoms. The molecule has 1 atom stereocenters. The number of nitrogens with zero attached hydrogens (tertiary/aromatic N) is 4. The Morgan fingerprint density at radius 3 is 2.76 bits per heavy atom. The van der Waals surface area contributed by atoms with Gasteiger partial charge in [0.05, 0.1) is 31.6 Å². The number of hydrogen-bond acceptors (Lipinski definition) is 5. The molecule has 0 amide bonds. The fourth-order valence-corrected chi connectivity index (χ4v) is 2.27. The SMILES string of the molecule is CNC(c1ccccn1)c1c(OC)cnn1CCN(C)C. The molecule has 0 aromatic carbocycles. The van der Waals surface area contributed by atoms with Crippen LogP contribution >= 0.6 is 0 Å². The van der Waals surface area contributed by atoms with Crippen molar-refractivity contribution < 1.29 is 4.74 Å². The molecule has 0 aliphatic rings. The minimum absolute atomic E-state index is 0.0502. The van der Waals surface area contributed by atoms with Gasteiger partial charge in [0.15, 0.2) is 5.75 Å². The van der Waals surface area contributed by atoms with Gasteiger partial charge < -0.3 is 15.0 Å². The second-order valence-corrected chi connectivity index (χ2v) is 5.10. The van der Waals surface area contributed by atoms with Crippen molar-refractivity contribution in [3.63, 3.8) is 0 Å². The van der Waals surface area contributed by atoms with Gasteiger partial charge >= 0.3 is 0 Å². The van der Waals surface area contributed by atoms with E-state index in [9.17, 15) is 0 Å². The fourth-order valence-electron chi connectivity index (χ4n) is 2.27. The molecule has 2 aromatic heterocycles. The average molecular weight is 289 g/mol. The monoisotopic (exact) mass is 289 g/mol. The summed E-state index contributed by atoms with van der Waals surface area (Å²) in [6.45, 7) is 1.72. The molecule has 2 heterocycles. The summed E-state index contributed by atoms with van der Waals surface area (Å²) >= 11 is 0. The summed E-state index contributed by atoms with van der Waals surface area (Å²) in [5.41, 5.74) is 1.95. The second-order valence-electron chi connectivity index (χ2n) is 5.10. The molecule has 2 aromatic rings. The van der Waals surface area contributed by atoms with Crippen LogP contribution in [0.4, 0.5) is 0 Å². The van der Waals surface area contributed by atoms with E-state index in [0.29, 0.717) is 0 Å². The highest BCUT2D eigenvalue weighted by atomic mass is 16.5. The first-order chi connectivity index (χ1) is 10.2. The van der Waals surface area contributed by atoms with Gasteiger partial charge in [0, 0.05) is 12.7 Å². The Morgan fingerprint density at radius 1 is 1.38 bits per heavy atom. The highest BCUT2D eigenvalue weighted by Crippen LogP contribution is 2.28. The summed E-state index contributed by atoms with van der Waals surface area (Å²) in [5, 5.41) is 7.76. The number of pyridine rings is 1. The van der Waals surface area contributed by atoms with E-state index in [4.69, 9.17) is 4.74 Å². The van der Waals surface area contributed by atoms with E-state index >= 15 is 0 Å². The zero-order chi connectivity index (χ0) is 15.2. The van der Waals surface area contributed by atoms with Crippen LogP contribution in [0, 0.1) is 0 Å². The van der Waals surface area contributed by atoms with Gasteiger partial charge in [-0.05, 0) is 33.3 Å². The Hall–Kier alpha value is -1.92. The predicted molar refractivity (Wildman–Crippen MR) is 82.5 cm³/mol. The zero-order valence-corrected chi connectivity index (χ0v) is 13.1. The molecule has 21 heavy (non-hydrogen) atoms. The number of nitrogens with one attached hydrogen (secondary N) is 1. The van der Waals surface area contributed by atoms with Crippen LogP contribution in [0.15, 0.2) is 30.6 Å². The van der Waals surface area contributed by atoms with Crippen LogP contribution in [0.2, 0.25) is 0 Å². The topological polar surface area (TPSA) is 55.2 Å². The molecule has 0 aliphatic heterocycles. The third kappa shape index (κ3) is 3.59. The van der Waals surface area contributed by atoms with Crippen molar-refractivity contribution in [2.75, 3.05) is 34.8 Å². The van der Waals surface area contributed by atoms with Gasteiger partial charge in [-0.2, -0.15) is 5.10 Å². The highest BCUT2D eigenvalue weighted by molar-refractivity contribution is 5.33. The first-order valence-corrected chi connectivity index (χ1v) is 7.00. The normalized spacial score (nSPS) is 12.6. The van der Waals surface area contributed by atoms with Crippen LogP contribution in [0.3, 0.4) is 0 Å². The lowest BCUT2D eigenvalue weighted by molar-refractivity contribution is 0.360. The fraction of sp³-hybridized carbons (Fsp3) is 0.467. The van der Waals surface area contributed by atoms with E-state index in [-0.39, 0.29) is 6.04 Å². The Labute approximate surface area is 125 Å². The van der Waals surface area contributed by atoms with Crippen molar-refractivity contribution in [2.45, 2.75) is 12.6 Å². The molecule has 114 valence electrons. The molecule has 0 fully saturated rings. The van der Waals surface area contributed by atoms with Gasteiger partial charge in [-0.15, -0.1) is 0 Å². The molecular formula is C15H23N5O. The van der Waals surface area contributed by atoms with E-state index in [1.54, 1.807) is 19.5 Å². The Balaban J connectivity index is 2.37. The number of hydrogen-bond donors (Lipinski definition) is 1. The lowest BCUT2D eigenvalue weighted by atomic mass is 10.1. The van der Waals surface area contributed by atoms with E-state index in [0.717, 1.165) is 30.2 Å². The highest BCUT2D eigenvalue weighted by Gasteiger charge is 2.23. The van der Waals surface area contributed by atoms with Crippen LogP contribution < -0.4 is 10.1 Å². The van der Waals surface area contributed by atoms with Crippen LogP contribution in [-0.4, -0.2) is 54.5 Å². The van der Waals surface area contributed by atoms with Gasteiger partial charge in [0.25, 0.3) is 0 Å². The summed E-state index contributed by atoms with van der Waals surface area (Å²) in [7, 11) is 7.69. The number of rotatable bonds is 7. The molecule has 0 spiro atoms. The number of ether oxygens (including phenoxy) is 1. The molecule has 0 radical (unpaired) electrons. The maximum atomic E-state index is 5.47. The lowest BCUT2D eigenvalue weighted by Crippen LogP contribution is -2.26. The molecular weight excluding hydrogens is 266 g/mol. The van der Waals surface area contributed by atoms with E-state index in [1.165, 1.54) is 0 Å². The van der Waals surface area contributed by atoms with Crippen molar-refractivity contribution in [3.8, 4) is 5.75 Å².